The molecule has 0 radical (unpaired) electrons. The molecule has 8 nitrogen and oxygen atoms in total. The molecule has 1 aliphatic heterocycles. The van der Waals surface area contributed by atoms with Gasteiger partial charge in [0.25, 0.3) is 0 Å². The fourth-order valence-corrected chi connectivity index (χ4v) is 4.60. The molecular formula is C20H24N6O2S. The molecule has 3 N–H and O–H groups in total. The number of benzene rings is 1. The van der Waals surface area contributed by atoms with Crippen LogP contribution in [-0.2, 0) is 15.8 Å². The number of aromatic nitrogens is 3. The highest BCUT2D eigenvalue weighted by Gasteiger charge is 2.32. The maximum Gasteiger partial charge on any atom is 0.231 e. The molecule has 1 saturated heterocycles. The van der Waals surface area contributed by atoms with E-state index in [0.717, 1.165) is 25.8 Å². The van der Waals surface area contributed by atoms with Gasteiger partial charge in [0.05, 0.1) is 5.75 Å². The molecule has 0 saturated carbocycles. The molecule has 0 spiro atoms. The Morgan fingerprint density at radius 3 is 2.93 bits per heavy atom. The zero-order valence-corrected chi connectivity index (χ0v) is 16.8. The van der Waals surface area contributed by atoms with Crippen molar-refractivity contribution in [3.63, 3.8) is 0 Å². The number of rotatable bonds is 6. The van der Waals surface area contributed by atoms with Crippen LogP contribution in [-0.4, -0.2) is 36.0 Å². The summed E-state index contributed by atoms with van der Waals surface area (Å²) in [5.41, 5.74) is 1.30. The van der Waals surface area contributed by atoms with E-state index in [1.165, 1.54) is 6.33 Å². The van der Waals surface area contributed by atoms with Crippen LogP contribution < -0.4 is 15.4 Å². The molecule has 2 heterocycles. The number of nitrogens with two attached hydrogens (primary N) is 1. The highest BCUT2D eigenvalue weighted by atomic mass is 32.2. The first-order valence-corrected chi connectivity index (χ1v) is 11.3. The Bertz CT molecular complexity index is 1040. The highest BCUT2D eigenvalue weighted by molar-refractivity contribution is 7.88. The largest absolute Gasteiger partial charge is 0.337 e. The number of primary sulfonamides is 1. The molecule has 2 aliphatic rings. The molecule has 152 valence electrons. The maximum absolute atomic E-state index is 11.3. The van der Waals surface area contributed by atoms with Crippen molar-refractivity contribution in [2.45, 2.75) is 31.1 Å². The van der Waals surface area contributed by atoms with Gasteiger partial charge in [-0.05, 0) is 37.0 Å². The molecule has 0 bridgehead atoms. The van der Waals surface area contributed by atoms with Crippen LogP contribution in [0.2, 0.25) is 0 Å². The minimum absolute atomic E-state index is 0.218. The van der Waals surface area contributed by atoms with Crippen molar-refractivity contribution in [2.75, 3.05) is 16.8 Å². The number of nitrogens with zero attached hydrogens (tertiary/aromatic N) is 4. The normalized spacial score (nSPS) is 21.5. The van der Waals surface area contributed by atoms with Crippen molar-refractivity contribution in [1.82, 2.24) is 15.0 Å². The number of hydrogen-bond acceptors (Lipinski definition) is 7. The monoisotopic (exact) mass is 412 g/mol. The molecule has 4 rings (SSSR count). The summed E-state index contributed by atoms with van der Waals surface area (Å²) in [4.78, 5) is 15.5. The average Bonchev–Trinajstić information content (AvgIpc) is 3.18. The van der Waals surface area contributed by atoms with Gasteiger partial charge in [-0.1, -0.05) is 36.4 Å². The lowest BCUT2D eigenvalue weighted by atomic mass is 9.91. The van der Waals surface area contributed by atoms with Gasteiger partial charge in [0, 0.05) is 24.2 Å². The molecule has 2 atom stereocenters. The molecule has 2 aromatic rings. The van der Waals surface area contributed by atoms with Gasteiger partial charge in [-0.25, -0.2) is 23.5 Å². The summed E-state index contributed by atoms with van der Waals surface area (Å²) in [5, 5.41) is 8.28. The Balaban J connectivity index is 1.51. The quantitative estimate of drug-likeness (QED) is 0.749. The van der Waals surface area contributed by atoms with Crippen LogP contribution in [0.25, 0.3) is 0 Å². The first-order valence-electron chi connectivity index (χ1n) is 9.63. The fourth-order valence-electron chi connectivity index (χ4n) is 3.96. The molecule has 9 heteroatoms. The predicted octanol–water partition coefficient (Wildman–Crippen LogP) is 2.50. The van der Waals surface area contributed by atoms with Gasteiger partial charge in [-0.15, -0.1) is 0 Å². The average molecular weight is 413 g/mol. The summed E-state index contributed by atoms with van der Waals surface area (Å²) in [5.74, 6) is 1.33. The molecular weight excluding hydrogens is 388 g/mol. The van der Waals surface area contributed by atoms with Crippen molar-refractivity contribution in [3.05, 3.63) is 60.5 Å². The summed E-state index contributed by atoms with van der Waals surface area (Å²) >= 11 is 0. The van der Waals surface area contributed by atoms with Crippen LogP contribution in [0.4, 0.5) is 17.6 Å². The summed E-state index contributed by atoms with van der Waals surface area (Å²) in [6.45, 7) is 0.923. The summed E-state index contributed by atoms with van der Waals surface area (Å²) in [7, 11) is -3.59. The van der Waals surface area contributed by atoms with Gasteiger partial charge in [0.15, 0.2) is 0 Å². The van der Waals surface area contributed by atoms with E-state index in [9.17, 15) is 8.42 Å². The minimum Gasteiger partial charge on any atom is -0.337 e. The summed E-state index contributed by atoms with van der Waals surface area (Å²) in [6.07, 6.45) is 13.4. The molecule has 1 unspecified atom stereocenters. The van der Waals surface area contributed by atoms with Gasteiger partial charge in [0.2, 0.25) is 21.9 Å². The van der Waals surface area contributed by atoms with Crippen LogP contribution in [0.3, 0.4) is 0 Å². The Morgan fingerprint density at radius 2 is 2.14 bits per heavy atom. The van der Waals surface area contributed by atoms with Crippen molar-refractivity contribution in [3.8, 4) is 0 Å². The zero-order valence-electron chi connectivity index (χ0n) is 16.0. The lowest BCUT2D eigenvalue weighted by Crippen LogP contribution is -2.36. The lowest BCUT2D eigenvalue weighted by molar-refractivity contribution is 0.495. The highest BCUT2D eigenvalue weighted by Crippen LogP contribution is 2.31. The second-order valence-corrected chi connectivity index (χ2v) is 8.97. The SMILES string of the molecule is NS(=O)(=O)Cc1cccc(Nc2ncnc(N3CCC[C@@H]3C3C=CC=CC3)n2)c1. The van der Waals surface area contributed by atoms with Crippen LogP contribution >= 0.6 is 0 Å². The van der Waals surface area contributed by atoms with E-state index in [1.807, 2.05) is 6.07 Å². The third-order valence-electron chi connectivity index (χ3n) is 5.17. The third kappa shape index (κ3) is 4.99. The van der Waals surface area contributed by atoms with Gasteiger partial charge in [0.1, 0.15) is 6.33 Å². The van der Waals surface area contributed by atoms with E-state index in [0.29, 0.717) is 35.1 Å². The van der Waals surface area contributed by atoms with Crippen molar-refractivity contribution in [2.24, 2.45) is 11.1 Å². The standard InChI is InChI=1S/C20H24N6O2S/c21-29(27,28)13-15-6-4-9-17(12-15)24-19-22-14-23-20(25-19)26-11-5-10-18(26)16-7-2-1-3-8-16/h1-4,6-7,9,12,14,16,18H,5,8,10-11,13H2,(H2,21,27,28)(H,22,23,24,25)/t16?,18-/m1/s1. The number of hydrogen-bond donors (Lipinski definition) is 2. The fraction of sp³-hybridized carbons (Fsp3) is 0.350. The summed E-state index contributed by atoms with van der Waals surface area (Å²) in [6, 6.07) is 7.42. The van der Waals surface area contributed by atoms with E-state index in [-0.39, 0.29) is 5.75 Å². The Kier molecular flexibility index (Phi) is 5.59. The lowest BCUT2D eigenvalue weighted by Gasteiger charge is -2.30. The van der Waals surface area contributed by atoms with Crippen LogP contribution in [0.15, 0.2) is 54.9 Å². The van der Waals surface area contributed by atoms with E-state index >= 15 is 0 Å². The van der Waals surface area contributed by atoms with Crippen molar-refractivity contribution in [1.29, 1.82) is 0 Å². The van der Waals surface area contributed by atoms with Crippen molar-refractivity contribution >= 4 is 27.6 Å². The van der Waals surface area contributed by atoms with Crippen molar-refractivity contribution < 1.29 is 8.42 Å². The molecule has 1 fully saturated rings. The van der Waals surface area contributed by atoms with E-state index in [4.69, 9.17) is 5.14 Å². The van der Waals surface area contributed by atoms with Crippen LogP contribution in [0, 0.1) is 5.92 Å². The van der Waals surface area contributed by atoms with E-state index in [1.54, 1.807) is 18.2 Å². The Labute approximate surface area is 170 Å². The first-order chi connectivity index (χ1) is 14.0. The van der Waals surface area contributed by atoms with Gasteiger partial charge in [-0.2, -0.15) is 4.98 Å². The Morgan fingerprint density at radius 1 is 1.24 bits per heavy atom. The van der Waals surface area contributed by atoms with E-state index in [2.05, 4.69) is 49.5 Å². The van der Waals surface area contributed by atoms with Gasteiger partial charge >= 0.3 is 0 Å². The number of sulfonamides is 1. The van der Waals surface area contributed by atoms with E-state index < -0.39 is 10.0 Å². The molecule has 0 amide bonds. The molecule has 1 aromatic heterocycles. The molecule has 29 heavy (non-hydrogen) atoms. The second-order valence-electron chi connectivity index (χ2n) is 7.36. The number of nitrogens with one attached hydrogen (secondary N) is 1. The molecule has 1 aromatic carbocycles. The minimum atomic E-state index is -3.59. The van der Waals surface area contributed by atoms with Gasteiger partial charge < -0.3 is 10.2 Å². The predicted molar refractivity (Wildman–Crippen MR) is 113 cm³/mol. The topological polar surface area (TPSA) is 114 Å². The molecule has 1 aliphatic carbocycles. The summed E-state index contributed by atoms with van der Waals surface area (Å²) < 4.78 is 22.7. The number of anilines is 3. The van der Waals surface area contributed by atoms with Crippen LogP contribution in [0.1, 0.15) is 24.8 Å². The smallest absolute Gasteiger partial charge is 0.231 e. The third-order valence-corrected chi connectivity index (χ3v) is 5.91. The number of allylic oxidation sites excluding steroid dienone is 3. The maximum atomic E-state index is 11.3. The zero-order chi connectivity index (χ0) is 20.3. The second kappa shape index (κ2) is 8.30. The Hall–Kier alpha value is -2.78. The first kappa shape index (κ1) is 19.5. The van der Waals surface area contributed by atoms with Gasteiger partial charge in [-0.3, -0.25) is 0 Å². The van der Waals surface area contributed by atoms with Crippen LogP contribution in [0.5, 0.6) is 0 Å².